The third kappa shape index (κ3) is 21.8. The van der Waals surface area contributed by atoms with Crippen LogP contribution in [0.1, 0.15) is 92.3 Å². The Labute approximate surface area is 522 Å². The number of cyclic esters (lactones) is 1. The number of hydrogen-bond donors (Lipinski definition) is 6. The zero-order valence-electron chi connectivity index (χ0n) is 52.1. The number of azide groups is 1. The summed E-state index contributed by atoms with van der Waals surface area (Å²) in [6, 6.07) is -0.801. The summed E-state index contributed by atoms with van der Waals surface area (Å²) < 4.78 is 82.7. The van der Waals surface area contributed by atoms with Gasteiger partial charge in [-0.1, -0.05) is 25.9 Å². The minimum absolute atomic E-state index is 0.0221. The number of fused-ring (bicyclic) bond motifs is 5. The van der Waals surface area contributed by atoms with Gasteiger partial charge < -0.3 is 93.5 Å². The Kier molecular flexibility index (Phi) is 31.5. The number of ether oxygens (including phenoxy) is 12. The van der Waals surface area contributed by atoms with Crippen molar-refractivity contribution in [1.82, 2.24) is 30.8 Å². The minimum Gasteiger partial charge on any atom is -0.458 e. The molecule has 3 aromatic rings. The number of carbonyl (C=O) groups excluding carboxylic acids is 5. The van der Waals surface area contributed by atoms with Crippen molar-refractivity contribution in [3.8, 4) is 11.4 Å². The molecule has 1 aromatic carbocycles. The molecular weight excluding hydrogens is 1180 g/mol. The van der Waals surface area contributed by atoms with Gasteiger partial charge >= 0.3 is 12.0 Å². The van der Waals surface area contributed by atoms with E-state index in [2.05, 4.69) is 31.3 Å². The average Bonchev–Trinajstić information content (AvgIpc) is 1.46. The van der Waals surface area contributed by atoms with Crippen LogP contribution in [0.15, 0.2) is 22.0 Å². The van der Waals surface area contributed by atoms with E-state index in [1.54, 1.807) is 33.8 Å². The Balaban J connectivity index is 0.834. The molecule has 0 unspecified atom stereocenters. The number of benzene rings is 1. The summed E-state index contributed by atoms with van der Waals surface area (Å²) in [6.07, 6.45) is 0.859. The van der Waals surface area contributed by atoms with Gasteiger partial charge in [-0.05, 0) is 73.2 Å². The van der Waals surface area contributed by atoms with Crippen molar-refractivity contribution in [3.63, 3.8) is 0 Å². The number of rotatable bonds is 47. The predicted molar refractivity (Wildman–Crippen MR) is 322 cm³/mol. The van der Waals surface area contributed by atoms with Gasteiger partial charge in [-0.25, -0.2) is 19.0 Å². The van der Waals surface area contributed by atoms with E-state index in [-0.39, 0.29) is 76.3 Å². The van der Waals surface area contributed by atoms with E-state index < -0.39 is 70.7 Å². The number of urea groups is 1. The highest BCUT2D eigenvalue weighted by atomic mass is 19.1. The zero-order valence-corrected chi connectivity index (χ0v) is 52.1. The first-order chi connectivity index (χ1) is 43.6. The fraction of sp³-hybridized carbons (Fsp3) is 0.683. The summed E-state index contributed by atoms with van der Waals surface area (Å²) in [5, 5.41) is 26.7. The van der Waals surface area contributed by atoms with Gasteiger partial charge in [0.15, 0.2) is 5.60 Å². The molecule has 0 bridgehead atoms. The van der Waals surface area contributed by atoms with Gasteiger partial charge in [0.25, 0.3) is 5.56 Å². The highest BCUT2D eigenvalue weighted by Crippen LogP contribution is 2.46. The maximum Gasteiger partial charge on any atom is 0.343 e. The average molecular weight is 1270 g/mol. The van der Waals surface area contributed by atoms with Crippen LogP contribution < -0.4 is 32.6 Å². The van der Waals surface area contributed by atoms with E-state index in [9.17, 15) is 33.9 Å². The maximum absolute atomic E-state index is 15.6. The lowest BCUT2D eigenvalue weighted by Crippen LogP contribution is -2.56. The second-order valence-electron chi connectivity index (χ2n) is 21.6. The first kappa shape index (κ1) is 72.6. The number of nitrogens with zero attached hydrogens (tertiary/aromatic N) is 5. The van der Waals surface area contributed by atoms with Gasteiger partial charge in [0, 0.05) is 47.0 Å². The molecule has 0 saturated carbocycles. The molecule has 7 N–H and O–H groups in total. The van der Waals surface area contributed by atoms with Crippen LogP contribution in [0.4, 0.5) is 9.18 Å². The predicted octanol–water partition coefficient (Wildman–Crippen LogP) is 2.59. The number of halogens is 1. The standard InChI is InChI=1S/C60H89FN10O19/c1-5-60(78)44-35-49-54-42(37-71(49)57(75)43(44)38-90-58(60)76)52-46(9-8-41-40(4)45(61)36-48(66-54)51(41)52)67-55(73)47(7-6-11-64-59(62)77)68-56(74)53(39(2)3)69-50(72)10-13-79-15-17-81-19-21-83-23-25-85-27-29-87-31-33-89-34-32-88-30-28-86-26-24-84-22-20-82-18-16-80-14-12-65-70-63/h35-36,39,46-47,53,78H,5-34,37-38H2,1-4H3,(H,67,73)(H,68,74)(H,69,72)(H3,62,64,77)/t46-,47+,53-,60-/m0/s1. The highest BCUT2D eigenvalue weighted by molar-refractivity contribution is 5.95. The molecule has 29 nitrogen and oxygen atoms in total. The van der Waals surface area contributed by atoms with Gasteiger partial charge in [0.05, 0.1) is 180 Å². The first-order valence-corrected chi connectivity index (χ1v) is 30.7. The van der Waals surface area contributed by atoms with Crippen molar-refractivity contribution < 1.29 is 90.3 Å². The number of nitrogens with one attached hydrogen (secondary N) is 4. The molecule has 0 spiro atoms. The molecule has 30 heteroatoms. The quantitative estimate of drug-likeness (QED) is 0.0122. The highest BCUT2D eigenvalue weighted by Gasteiger charge is 2.46. The molecule has 0 saturated heterocycles. The molecule has 6 rings (SSSR count). The Bertz CT molecular complexity index is 2930. The van der Waals surface area contributed by atoms with E-state index in [1.807, 2.05) is 0 Å². The largest absolute Gasteiger partial charge is 0.458 e. The Morgan fingerprint density at radius 3 is 1.80 bits per heavy atom. The second-order valence-corrected chi connectivity index (χ2v) is 21.6. The van der Waals surface area contributed by atoms with Crippen molar-refractivity contribution in [1.29, 1.82) is 0 Å². The molecule has 5 amide bonds. The van der Waals surface area contributed by atoms with Gasteiger partial charge in [0.2, 0.25) is 17.7 Å². The fourth-order valence-electron chi connectivity index (χ4n) is 10.4. The Morgan fingerprint density at radius 1 is 0.778 bits per heavy atom. The van der Waals surface area contributed by atoms with Crippen molar-refractivity contribution >= 4 is 40.6 Å². The summed E-state index contributed by atoms with van der Waals surface area (Å²) >= 11 is 0. The van der Waals surface area contributed by atoms with E-state index >= 15 is 4.39 Å². The number of carbonyl (C=O) groups is 5. The van der Waals surface area contributed by atoms with Gasteiger partial charge in [0.1, 0.15) is 24.5 Å². The molecule has 500 valence electrons. The SMILES string of the molecule is CC[C@@]1(O)C(=O)OCc2c1cc1n(c2=O)Cc2c-1nc1cc(F)c(C)c3c1c2[C@@H](NC(=O)[C@@H](CCCNC(N)=O)NC(=O)[C@@H](NC(=O)CCOCCOCCOCCOCCOCCOCCOCCOCCOCCOCCOCCN=[N+]=[N-])C(C)C)CC3. The molecule has 3 aliphatic rings. The summed E-state index contributed by atoms with van der Waals surface area (Å²) in [6.45, 7) is 15.3. The maximum atomic E-state index is 15.6. The lowest BCUT2D eigenvalue weighted by atomic mass is 9.81. The summed E-state index contributed by atoms with van der Waals surface area (Å²) in [4.78, 5) is 88.0. The van der Waals surface area contributed by atoms with Crippen LogP contribution in [0.25, 0.3) is 32.7 Å². The molecule has 0 radical (unpaired) electrons. The molecule has 1 aliphatic carbocycles. The molecular formula is C60H89FN10O19. The third-order valence-corrected chi connectivity index (χ3v) is 15.2. The van der Waals surface area contributed by atoms with E-state index in [4.69, 9.17) is 73.1 Å². The number of aromatic nitrogens is 2. The van der Waals surface area contributed by atoms with Crippen molar-refractivity contribution in [3.05, 3.63) is 72.1 Å². The number of nitrogens with two attached hydrogens (primary N) is 1. The number of aliphatic hydroxyl groups is 1. The Hall–Kier alpha value is -6.51. The topological polar surface area (TPSA) is 374 Å². The molecule has 4 heterocycles. The van der Waals surface area contributed by atoms with Crippen LogP contribution in [0.2, 0.25) is 0 Å². The molecule has 2 aromatic heterocycles. The number of esters is 1. The summed E-state index contributed by atoms with van der Waals surface area (Å²) in [5.74, 6) is -3.39. The fourth-order valence-corrected chi connectivity index (χ4v) is 10.4. The van der Waals surface area contributed by atoms with Gasteiger partial charge in [-0.15, -0.1) is 0 Å². The van der Waals surface area contributed by atoms with Gasteiger partial charge in [-0.3, -0.25) is 19.2 Å². The molecule has 2 aliphatic heterocycles. The normalized spacial score (nSPS) is 16.2. The van der Waals surface area contributed by atoms with E-state index in [0.29, 0.717) is 189 Å². The molecule has 0 fully saturated rings. The first-order valence-electron chi connectivity index (χ1n) is 30.7. The van der Waals surface area contributed by atoms with E-state index in [0.717, 1.165) is 0 Å². The molecule has 4 atom stereocenters. The Morgan fingerprint density at radius 2 is 1.30 bits per heavy atom. The number of amides is 5. The monoisotopic (exact) mass is 1270 g/mol. The smallest absolute Gasteiger partial charge is 0.343 e. The summed E-state index contributed by atoms with van der Waals surface area (Å²) in [5.41, 5.74) is 14.5. The second kappa shape index (κ2) is 39.0. The molecule has 90 heavy (non-hydrogen) atoms. The van der Waals surface area contributed by atoms with Crippen LogP contribution in [-0.4, -0.2) is 215 Å². The van der Waals surface area contributed by atoms with Crippen LogP contribution in [0, 0.1) is 18.7 Å². The van der Waals surface area contributed by atoms with Crippen LogP contribution >= 0.6 is 0 Å². The lowest BCUT2D eigenvalue weighted by Gasteiger charge is -2.32. The van der Waals surface area contributed by atoms with Gasteiger partial charge in [-0.2, -0.15) is 0 Å². The summed E-state index contributed by atoms with van der Waals surface area (Å²) in [7, 11) is 0. The van der Waals surface area contributed by atoms with Crippen LogP contribution in [0.5, 0.6) is 0 Å². The van der Waals surface area contributed by atoms with Crippen molar-refractivity contribution in [2.75, 3.05) is 158 Å². The number of primary amides is 1. The zero-order chi connectivity index (χ0) is 64.7. The van der Waals surface area contributed by atoms with Crippen molar-refractivity contribution in [2.24, 2.45) is 16.8 Å². The van der Waals surface area contributed by atoms with Crippen LogP contribution in [0.3, 0.4) is 0 Å². The minimum atomic E-state index is -2.07. The van der Waals surface area contributed by atoms with Crippen molar-refractivity contribution in [2.45, 2.75) is 103 Å². The number of hydrogen-bond acceptors (Lipinski definition) is 21. The van der Waals surface area contributed by atoms with E-state index in [1.165, 1.54) is 10.6 Å². The third-order valence-electron chi connectivity index (χ3n) is 15.2. The van der Waals surface area contributed by atoms with Crippen LogP contribution in [-0.2, 0) is 101 Å². The number of pyridine rings is 2. The lowest BCUT2D eigenvalue weighted by molar-refractivity contribution is -0.172. The number of aryl methyl sites for hydroxylation is 1.